The number of benzene rings is 2. The van der Waals surface area contributed by atoms with Crippen molar-refractivity contribution in [2.75, 3.05) is 13.2 Å². The highest BCUT2D eigenvalue weighted by molar-refractivity contribution is 9.10. The Hall–Kier alpha value is -3.57. The maximum absolute atomic E-state index is 13.7. The molecule has 1 aliphatic heterocycles. The van der Waals surface area contributed by atoms with E-state index < -0.39 is 23.8 Å². The van der Waals surface area contributed by atoms with Crippen molar-refractivity contribution < 1.29 is 28.2 Å². The van der Waals surface area contributed by atoms with Gasteiger partial charge >= 0.3 is 11.9 Å². The van der Waals surface area contributed by atoms with Gasteiger partial charge in [-0.1, -0.05) is 23.5 Å². The summed E-state index contributed by atoms with van der Waals surface area (Å²) in [5.41, 5.74) is 1.40. The molecule has 0 radical (unpaired) electrons. The van der Waals surface area contributed by atoms with E-state index in [4.69, 9.17) is 14.2 Å². The third-order valence-electron chi connectivity index (χ3n) is 5.58. The number of hydrogen-bond donors (Lipinski definition) is 0. The van der Waals surface area contributed by atoms with E-state index in [1.807, 2.05) is 0 Å². The summed E-state index contributed by atoms with van der Waals surface area (Å²) in [6.45, 7) is 6.95. The number of hydrogen-bond acceptors (Lipinski definition) is 8. The summed E-state index contributed by atoms with van der Waals surface area (Å²) in [5.74, 6) is -0.956. The van der Waals surface area contributed by atoms with E-state index in [0.29, 0.717) is 43.0 Å². The van der Waals surface area contributed by atoms with E-state index in [0.717, 1.165) is 11.3 Å². The fourth-order valence-electron chi connectivity index (χ4n) is 4.08. The lowest BCUT2D eigenvalue weighted by atomic mass is 9.96. The zero-order chi connectivity index (χ0) is 27.6. The standard InChI is InChI=1S/C27H24BrFN2O6S/c1-5-35-20-12-16(11-19(28)24(20)37-15(4)32)13-21-25(33)31-23(17-7-9-18(29)10-8-17)22(26(34)36-6-2)14(3)30-27(31)38-21/h7-13,23H,5-6H2,1-4H3/b21-13-/t23-/m1/s1. The summed E-state index contributed by atoms with van der Waals surface area (Å²) in [5, 5.41) is 0. The summed E-state index contributed by atoms with van der Waals surface area (Å²) >= 11 is 4.57. The second kappa shape index (κ2) is 11.4. The van der Waals surface area contributed by atoms with E-state index in [1.54, 1.807) is 39.0 Å². The predicted molar refractivity (Wildman–Crippen MR) is 143 cm³/mol. The Morgan fingerprint density at radius 3 is 2.53 bits per heavy atom. The largest absolute Gasteiger partial charge is 0.490 e. The molecule has 198 valence electrons. The van der Waals surface area contributed by atoms with Gasteiger partial charge in [0, 0.05) is 6.92 Å². The number of esters is 2. The maximum Gasteiger partial charge on any atom is 0.338 e. The molecule has 1 atom stereocenters. The lowest BCUT2D eigenvalue weighted by Crippen LogP contribution is -2.39. The minimum absolute atomic E-state index is 0.149. The number of aromatic nitrogens is 1. The van der Waals surface area contributed by atoms with Gasteiger partial charge in [0.15, 0.2) is 16.3 Å². The molecular weight excluding hydrogens is 579 g/mol. The first-order valence-electron chi connectivity index (χ1n) is 11.7. The summed E-state index contributed by atoms with van der Waals surface area (Å²) in [4.78, 5) is 43.1. The van der Waals surface area contributed by atoms with Crippen LogP contribution in [0, 0.1) is 5.82 Å². The molecule has 0 saturated carbocycles. The van der Waals surface area contributed by atoms with Crippen LogP contribution in [0.4, 0.5) is 4.39 Å². The monoisotopic (exact) mass is 602 g/mol. The van der Waals surface area contributed by atoms with Crippen molar-refractivity contribution in [3.8, 4) is 11.5 Å². The van der Waals surface area contributed by atoms with Crippen molar-refractivity contribution in [3.05, 3.63) is 88.8 Å². The lowest BCUT2D eigenvalue weighted by molar-refractivity contribution is -0.139. The van der Waals surface area contributed by atoms with Crippen LogP contribution in [-0.2, 0) is 14.3 Å². The quantitative estimate of drug-likeness (QED) is 0.299. The van der Waals surface area contributed by atoms with Gasteiger partial charge in [-0.25, -0.2) is 14.2 Å². The van der Waals surface area contributed by atoms with Crippen molar-refractivity contribution in [1.82, 2.24) is 4.57 Å². The Kier molecular flexibility index (Phi) is 8.27. The van der Waals surface area contributed by atoms with E-state index in [1.165, 1.54) is 35.8 Å². The highest BCUT2D eigenvalue weighted by Gasteiger charge is 2.33. The number of halogens is 2. The molecular formula is C27H24BrFN2O6S. The van der Waals surface area contributed by atoms with Crippen LogP contribution in [0.25, 0.3) is 6.08 Å². The van der Waals surface area contributed by atoms with Crippen molar-refractivity contribution in [2.45, 2.75) is 33.7 Å². The van der Waals surface area contributed by atoms with Gasteiger partial charge in [-0.05, 0) is 78.2 Å². The molecule has 0 unspecified atom stereocenters. The minimum Gasteiger partial charge on any atom is -0.490 e. The lowest BCUT2D eigenvalue weighted by Gasteiger charge is -2.24. The molecule has 8 nitrogen and oxygen atoms in total. The zero-order valence-corrected chi connectivity index (χ0v) is 23.4. The smallest absolute Gasteiger partial charge is 0.338 e. The summed E-state index contributed by atoms with van der Waals surface area (Å²) in [6.07, 6.45) is 1.67. The van der Waals surface area contributed by atoms with Gasteiger partial charge in [-0.2, -0.15) is 0 Å². The summed E-state index contributed by atoms with van der Waals surface area (Å²) in [6, 6.07) is 8.15. The Morgan fingerprint density at radius 1 is 1.18 bits per heavy atom. The van der Waals surface area contributed by atoms with Gasteiger partial charge in [0.25, 0.3) is 5.56 Å². The van der Waals surface area contributed by atoms with E-state index in [9.17, 15) is 18.8 Å². The molecule has 0 saturated heterocycles. The molecule has 1 aromatic heterocycles. The van der Waals surface area contributed by atoms with Crippen LogP contribution in [-0.4, -0.2) is 29.7 Å². The van der Waals surface area contributed by atoms with Crippen LogP contribution in [0.5, 0.6) is 11.5 Å². The number of carbonyl (C=O) groups excluding carboxylic acids is 2. The first-order valence-corrected chi connectivity index (χ1v) is 13.3. The van der Waals surface area contributed by atoms with E-state index in [-0.39, 0.29) is 23.5 Å². The Labute approximate surface area is 229 Å². The third-order valence-corrected chi connectivity index (χ3v) is 7.15. The van der Waals surface area contributed by atoms with Crippen LogP contribution in [0.2, 0.25) is 0 Å². The number of nitrogens with zero attached hydrogens (tertiary/aromatic N) is 2. The molecule has 0 spiro atoms. The number of rotatable bonds is 7. The minimum atomic E-state index is -0.842. The van der Waals surface area contributed by atoms with Gasteiger partial charge in [0.1, 0.15) is 5.82 Å². The van der Waals surface area contributed by atoms with Crippen LogP contribution in [0.15, 0.2) is 61.9 Å². The number of carbonyl (C=O) groups is 2. The molecule has 2 aromatic carbocycles. The fraction of sp³-hybridized carbons (Fsp3) is 0.259. The van der Waals surface area contributed by atoms with Crippen LogP contribution < -0.4 is 24.4 Å². The Balaban J connectivity index is 1.91. The van der Waals surface area contributed by atoms with E-state index >= 15 is 0 Å². The Morgan fingerprint density at radius 2 is 1.89 bits per heavy atom. The molecule has 4 rings (SSSR count). The first-order chi connectivity index (χ1) is 18.1. The SMILES string of the molecule is CCOC(=O)C1=C(C)N=c2s/c(=C\c3cc(Br)c(OC(C)=O)c(OCC)c3)c(=O)n2[C@@H]1c1ccc(F)cc1. The Bertz CT molecular complexity index is 1620. The normalized spacial score (nSPS) is 15.1. The maximum atomic E-state index is 13.7. The molecule has 0 fully saturated rings. The predicted octanol–water partition coefficient (Wildman–Crippen LogP) is 4.02. The topological polar surface area (TPSA) is 96.2 Å². The van der Waals surface area contributed by atoms with Crippen molar-refractivity contribution in [3.63, 3.8) is 0 Å². The molecule has 0 amide bonds. The van der Waals surface area contributed by atoms with Gasteiger partial charge < -0.3 is 14.2 Å². The number of thiazole rings is 1. The third kappa shape index (κ3) is 5.48. The molecule has 1 aliphatic rings. The molecule has 38 heavy (non-hydrogen) atoms. The number of fused-ring (bicyclic) bond motifs is 1. The van der Waals surface area contributed by atoms with Crippen LogP contribution in [0.1, 0.15) is 44.9 Å². The highest BCUT2D eigenvalue weighted by Crippen LogP contribution is 2.37. The second-order valence-electron chi connectivity index (χ2n) is 8.21. The van der Waals surface area contributed by atoms with Crippen molar-refractivity contribution in [2.24, 2.45) is 4.99 Å². The number of allylic oxidation sites excluding steroid dienone is 1. The van der Waals surface area contributed by atoms with Gasteiger partial charge in [-0.15, -0.1) is 0 Å². The van der Waals surface area contributed by atoms with Gasteiger partial charge in [0.05, 0.1) is 39.5 Å². The molecule has 11 heteroatoms. The van der Waals surface area contributed by atoms with Crippen LogP contribution >= 0.6 is 27.3 Å². The zero-order valence-electron chi connectivity index (χ0n) is 21.0. The average molecular weight is 603 g/mol. The second-order valence-corrected chi connectivity index (χ2v) is 10.1. The van der Waals surface area contributed by atoms with E-state index in [2.05, 4.69) is 20.9 Å². The van der Waals surface area contributed by atoms with Crippen LogP contribution in [0.3, 0.4) is 0 Å². The summed E-state index contributed by atoms with van der Waals surface area (Å²) in [7, 11) is 0. The molecule has 0 bridgehead atoms. The summed E-state index contributed by atoms with van der Waals surface area (Å²) < 4.78 is 32.2. The van der Waals surface area contributed by atoms with Gasteiger partial charge in [-0.3, -0.25) is 14.2 Å². The molecule has 0 aliphatic carbocycles. The first kappa shape index (κ1) is 27.5. The number of ether oxygens (including phenoxy) is 3. The highest BCUT2D eigenvalue weighted by atomic mass is 79.9. The fourth-order valence-corrected chi connectivity index (χ4v) is 5.67. The van der Waals surface area contributed by atoms with Crippen molar-refractivity contribution in [1.29, 1.82) is 0 Å². The molecule has 0 N–H and O–H groups in total. The molecule has 2 heterocycles. The van der Waals surface area contributed by atoms with Crippen molar-refractivity contribution >= 4 is 45.3 Å². The van der Waals surface area contributed by atoms with Gasteiger partial charge in [0.2, 0.25) is 0 Å². The molecule has 3 aromatic rings. The average Bonchev–Trinajstić information content (AvgIpc) is 3.15.